The summed E-state index contributed by atoms with van der Waals surface area (Å²) in [5.74, 6) is 1.06. The molecule has 0 atom stereocenters. The summed E-state index contributed by atoms with van der Waals surface area (Å²) in [7, 11) is 0. The number of rotatable bonds is 5. The van der Waals surface area contributed by atoms with E-state index in [2.05, 4.69) is 18.2 Å². The second-order valence-electron chi connectivity index (χ2n) is 4.07. The van der Waals surface area contributed by atoms with E-state index in [1.807, 2.05) is 0 Å². The molecule has 1 aliphatic rings. The molecule has 0 fully saturated rings. The molecular formula is C13H18O2. The molecule has 0 saturated carbocycles. The number of aliphatic hydroxyl groups excluding tert-OH is 1. The van der Waals surface area contributed by atoms with Gasteiger partial charge in [0.05, 0.1) is 6.61 Å². The first-order valence-corrected chi connectivity index (χ1v) is 5.75. The van der Waals surface area contributed by atoms with E-state index in [1.165, 1.54) is 17.5 Å². The molecule has 2 rings (SSSR count). The van der Waals surface area contributed by atoms with Crippen LogP contribution in [0.4, 0.5) is 0 Å². The van der Waals surface area contributed by atoms with Crippen LogP contribution in [0.2, 0.25) is 0 Å². The summed E-state index contributed by atoms with van der Waals surface area (Å²) in [6, 6.07) is 6.51. The number of unbranched alkanes of at least 4 members (excludes halogenated alkanes) is 2. The van der Waals surface area contributed by atoms with E-state index >= 15 is 0 Å². The van der Waals surface area contributed by atoms with Gasteiger partial charge in [-0.2, -0.15) is 0 Å². The molecule has 0 aromatic heterocycles. The average molecular weight is 206 g/mol. The van der Waals surface area contributed by atoms with Gasteiger partial charge in [-0.1, -0.05) is 18.6 Å². The fourth-order valence-electron chi connectivity index (χ4n) is 2.01. The van der Waals surface area contributed by atoms with Crippen LogP contribution >= 0.6 is 0 Å². The Labute approximate surface area is 90.9 Å². The lowest BCUT2D eigenvalue weighted by atomic mass is 10.0. The number of aryl methyl sites for hydroxylation is 1. The largest absolute Gasteiger partial charge is 0.493 e. The number of aliphatic hydroxyl groups is 1. The quantitative estimate of drug-likeness (QED) is 0.749. The minimum Gasteiger partial charge on any atom is -0.493 e. The van der Waals surface area contributed by atoms with Crippen molar-refractivity contribution in [2.75, 3.05) is 13.2 Å². The van der Waals surface area contributed by atoms with E-state index in [9.17, 15) is 0 Å². The average Bonchev–Trinajstić information content (AvgIpc) is 2.71. The summed E-state index contributed by atoms with van der Waals surface area (Å²) in [5, 5.41) is 8.67. The molecule has 2 heteroatoms. The molecule has 0 unspecified atom stereocenters. The Morgan fingerprint density at radius 2 is 2.13 bits per heavy atom. The molecule has 1 aliphatic heterocycles. The Bertz CT molecular complexity index is 320. The van der Waals surface area contributed by atoms with Crippen molar-refractivity contribution >= 4 is 0 Å². The van der Waals surface area contributed by atoms with Crippen LogP contribution < -0.4 is 4.74 Å². The van der Waals surface area contributed by atoms with Crippen molar-refractivity contribution in [3.8, 4) is 5.75 Å². The molecule has 15 heavy (non-hydrogen) atoms. The van der Waals surface area contributed by atoms with Crippen molar-refractivity contribution < 1.29 is 9.84 Å². The SMILES string of the molecule is OCCCCCc1ccc2c(c1)CCO2. The Balaban J connectivity index is 1.87. The van der Waals surface area contributed by atoms with Crippen LogP contribution in [0.15, 0.2) is 18.2 Å². The molecule has 0 saturated heterocycles. The van der Waals surface area contributed by atoms with Gasteiger partial charge in [-0.3, -0.25) is 0 Å². The summed E-state index contributed by atoms with van der Waals surface area (Å²) >= 11 is 0. The van der Waals surface area contributed by atoms with E-state index in [4.69, 9.17) is 9.84 Å². The molecule has 1 heterocycles. The van der Waals surface area contributed by atoms with Crippen LogP contribution in [0.1, 0.15) is 30.4 Å². The predicted molar refractivity (Wildman–Crippen MR) is 60.3 cm³/mol. The fourth-order valence-corrected chi connectivity index (χ4v) is 2.01. The van der Waals surface area contributed by atoms with E-state index in [0.29, 0.717) is 6.61 Å². The predicted octanol–water partition coefficient (Wildman–Crippen LogP) is 2.33. The lowest BCUT2D eigenvalue weighted by Gasteiger charge is -2.03. The third-order valence-corrected chi connectivity index (χ3v) is 2.88. The fraction of sp³-hybridized carbons (Fsp3) is 0.538. The van der Waals surface area contributed by atoms with Gasteiger partial charge in [0, 0.05) is 13.0 Å². The van der Waals surface area contributed by atoms with Crippen LogP contribution in [0, 0.1) is 0 Å². The summed E-state index contributed by atoms with van der Waals surface area (Å²) in [6.45, 7) is 1.15. The second kappa shape index (κ2) is 5.17. The van der Waals surface area contributed by atoms with Crippen LogP contribution in [0.25, 0.3) is 0 Å². The maximum absolute atomic E-state index is 8.67. The first-order chi connectivity index (χ1) is 7.40. The van der Waals surface area contributed by atoms with Gasteiger partial charge in [0.1, 0.15) is 5.75 Å². The van der Waals surface area contributed by atoms with Crippen LogP contribution in [0.5, 0.6) is 5.75 Å². The highest BCUT2D eigenvalue weighted by Gasteiger charge is 2.11. The molecule has 82 valence electrons. The maximum Gasteiger partial charge on any atom is 0.122 e. The van der Waals surface area contributed by atoms with Crippen molar-refractivity contribution in [2.24, 2.45) is 0 Å². The van der Waals surface area contributed by atoms with Crippen LogP contribution in [0.3, 0.4) is 0 Å². The van der Waals surface area contributed by atoms with Gasteiger partial charge >= 0.3 is 0 Å². The number of fused-ring (bicyclic) bond motifs is 1. The first-order valence-electron chi connectivity index (χ1n) is 5.75. The second-order valence-corrected chi connectivity index (χ2v) is 4.07. The summed E-state index contributed by atoms with van der Waals surface area (Å²) in [6.07, 6.45) is 5.38. The minimum atomic E-state index is 0.317. The standard InChI is InChI=1S/C13H18O2/c14-8-3-1-2-4-11-5-6-13-12(10-11)7-9-15-13/h5-6,10,14H,1-4,7-9H2. The Morgan fingerprint density at radius 3 is 3.00 bits per heavy atom. The van der Waals surface area contributed by atoms with Gasteiger partial charge in [0.2, 0.25) is 0 Å². The summed E-state index contributed by atoms with van der Waals surface area (Å²) in [5.41, 5.74) is 2.76. The zero-order chi connectivity index (χ0) is 10.5. The van der Waals surface area contributed by atoms with Crippen molar-refractivity contribution in [1.82, 2.24) is 0 Å². The molecule has 0 spiro atoms. The van der Waals surface area contributed by atoms with Gasteiger partial charge in [-0.15, -0.1) is 0 Å². The third kappa shape index (κ3) is 2.72. The van der Waals surface area contributed by atoms with Crippen molar-refractivity contribution in [2.45, 2.75) is 32.1 Å². The third-order valence-electron chi connectivity index (χ3n) is 2.88. The van der Waals surface area contributed by atoms with Gasteiger partial charge in [0.25, 0.3) is 0 Å². The van der Waals surface area contributed by atoms with E-state index in [1.54, 1.807) is 0 Å². The van der Waals surface area contributed by atoms with Crippen molar-refractivity contribution in [3.63, 3.8) is 0 Å². The molecule has 0 aliphatic carbocycles. The first kappa shape index (κ1) is 10.5. The zero-order valence-corrected chi connectivity index (χ0v) is 9.04. The van der Waals surface area contributed by atoms with E-state index < -0.39 is 0 Å². The Kier molecular flexibility index (Phi) is 3.62. The molecule has 1 N–H and O–H groups in total. The van der Waals surface area contributed by atoms with Crippen LogP contribution in [-0.4, -0.2) is 18.3 Å². The monoisotopic (exact) mass is 206 g/mol. The van der Waals surface area contributed by atoms with Crippen molar-refractivity contribution in [3.05, 3.63) is 29.3 Å². The zero-order valence-electron chi connectivity index (χ0n) is 9.04. The summed E-state index contributed by atoms with van der Waals surface area (Å²) in [4.78, 5) is 0. The molecular weight excluding hydrogens is 188 g/mol. The van der Waals surface area contributed by atoms with Crippen molar-refractivity contribution in [1.29, 1.82) is 0 Å². The Morgan fingerprint density at radius 1 is 1.20 bits per heavy atom. The Hall–Kier alpha value is -1.02. The molecule has 0 amide bonds. The van der Waals surface area contributed by atoms with Gasteiger partial charge in [-0.25, -0.2) is 0 Å². The molecule has 0 radical (unpaired) electrons. The van der Waals surface area contributed by atoms with Gasteiger partial charge in [0.15, 0.2) is 0 Å². The summed E-state index contributed by atoms with van der Waals surface area (Å²) < 4.78 is 5.46. The van der Waals surface area contributed by atoms with E-state index in [-0.39, 0.29) is 0 Å². The smallest absolute Gasteiger partial charge is 0.122 e. The van der Waals surface area contributed by atoms with E-state index in [0.717, 1.165) is 38.0 Å². The number of hydrogen-bond donors (Lipinski definition) is 1. The lowest BCUT2D eigenvalue weighted by molar-refractivity contribution is 0.283. The molecule has 0 bridgehead atoms. The normalized spacial score (nSPS) is 13.7. The highest BCUT2D eigenvalue weighted by molar-refractivity contribution is 5.39. The number of hydrogen-bond acceptors (Lipinski definition) is 2. The number of ether oxygens (including phenoxy) is 1. The number of benzene rings is 1. The molecule has 1 aromatic rings. The van der Waals surface area contributed by atoms with Gasteiger partial charge in [-0.05, 0) is 36.5 Å². The molecule has 1 aromatic carbocycles. The van der Waals surface area contributed by atoms with Crippen LogP contribution in [-0.2, 0) is 12.8 Å². The highest BCUT2D eigenvalue weighted by Crippen LogP contribution is 2.26. The minimum absolute atomic E-state index is 0.317. The highest BCUT2D eigenvalue weighted by atomic mass is 16.5. The lowest BCUT2D eigenvalue weighted by Crippen LogP contribution is -1.89. The topological polar surface area (TPSA) is 29.5 Å². The maximum atomic E-state index is 8.67. The van der Waals surface area contributed by atoms with Gasteiger partial charge < -0.3 is 9.84 Å². The molecule has 2 nitrogen and oxygen atoms in total.